The third-order valence-electron chi connectivity index (χ3n) is 5.01. The fourth-order valence-electron chi connectivity index (χ4n) is 3.57. The predicted molar refractivity (Wildman–Crippen MR) is 114 cm³/mol. The molecule has 1 aliphatic heterocycles. The van der Waals surface area contributed by atoms with Gasteiger partial charge in [-0.1, -0.05) is 66.3 Å². The van der Waals surface area contributed by atoms with Crippen LogP contribution >= 0.6 is 23.7 Å². The molecule has 5 heteroatoms. The Morgan fingerprint density at radius 2 is 1.67 bits per heavy atom. The highest BCUT2D eigenvalue weighted by Crippen LogP contribution is 2.39. The Morgan fingerprint density at radius 1 is 1.00 bits per heavy atom. The van der Waals surface area contributed by atoms with Gasteiger partial charge in [-0.3, -0.25) is 9.69 Å². The van der Waals surface area contributed by atoms with Crippen molar-refractivity contribution in [2.45, 2.75) is 32.4 Å². The van der Waals surface area contributed by atoms with Gasteiger partial charge in [0.05, 0.1) is 5.56 Å². The van der Waals surface area contributed by atoms with Crippen LogP contribution in [0.1, 0.15) is 42.1 Å². The first-order valence-corrected chi connectivity index (χ1v) is 10.1. The van der Waals surface area contributed by atoms with Crippen LogP contribution in [-0.4, -0.2) is 30.0 Å². The van der Waals surface area contributed by atoms with E-state index in [1.807, 2.05) is 48.5 Å². The van der Waals surface area contributed by atoms with Crippen LogP contribution in [0.5, 0.6) is 5.06 Å². The number of piperidine rings is 1. The molecule has 0 aliphatic carbocycles. The number of halogens is 1. The average Bonchev–Trinajstić information content (AvgIpc) is 3.06. The highest BCUT2D eigenvalue weighted by molar-refractivity contribution is 7.21. The topological polar surface area (TPSA) is 29.5 Å². The molecule has 142 valence electrons. The maximum Gasteiger partial charge on any atom is 0.198 e. The fourth-order valence-corrected chi connectivity index (χ4v) is 4.68. The molecule has 0 bridgehead atoms. The number of rotatable bonds is 5. The number of thiophene rings is 1. The third-order valence-corrected chi connectivity index (χ3v) is 6.07. The molecule has 1 unspecified atom stereocenters. The first-order valence-electron chi connectivity index (χ1n) is 9.26. The second kappa shape index (κ2) is 8.87. The summed E-state index contributed by atoms with van der Waals surface area (Å²) in [6.07, 6.45) is 3.71. The molecule has 0 radical (unpaired) electrons. The van der Waals surface area contributed by atoms with E-state index < -0.39 is 0 Å². The number of hydrogen-bond acceptors (Lipinski definition) is 4. The zero-order chi connectivity index (χ0) is 17.9. The van der Waals surface area contributed by atoms with Gasteiger partial charge in [0.15, 0.2) is 17.1 Å². The van der Waals surface area contributed by atoms with E-state index in [9.17, 15) is 4.79 Å². The van der Waals surface area contributed by atoms with Gasteiger partial charge in [-0.25, -0.2) is 0 Å². The summed E-state index contributed by atoms with van der Waals surface area (Å²) in [7, 11) is 0. The van der Waals surface area contributed by atoms with Crippen molar-refractivity contribution < 1.29 is 9.53 Å². The van der Waals surface area contributed by atoms with Crippen LogP contribution in [0.25, 0.3) is 10.1 Å². The SMILES string of the molecule is CC(Oc1sc2ccccc2c1C(=O)c1ccccc1)N1CCCCC1.Cl. The Hall–Kier alpha value is -1.88. The minimum absolute atomic E-state index is 0. The molecule has 2 heterocycles. The van der Waals surface area contributed by atoms with Gasteiger partial charge in [0, 0.05) is 28.7 Å². The van der Waals surface area contributed by atoms with E-state index >= 15 is 0 Å². The molecule has 1 aromatic heterocycles. The van der Waals surface area contributed by atoms with E-state index in [4.69, 9.17) is 4.74 Å². The zero-order valence-electron chi connectivity index (χ0n) is 15.4. The van der Waals surface area contributed by atoms with E-state index in [0.29, 0.717) is 11.1 Å². The maximum absolute atomic E-state index is 13.2. The molecular weight excluding hydrogens is 378 g/mol. The Kier molecular flexibility index (Phi) is 6.53. The van der Waals surface area contributed by atoms with Gasteiger partial charge in [0.1, 0.15) is 0 Å². The molecule has 1 fully saturated rings. The number of benzene rings is 2. The zero-order valence-corrected chi connectivity index (χ0v) is 17.0. The summed E-state index contributed by atoms with van der Waals surface area (Å²) in [6, 6.07) is 17.5. The molecule has 0 saturated carbocycles. The highest BCUT2D eigenvalue weighted by Gasteiger charge is 2.25. The first-order chi connectivity index (χ1) is 12.7. The van der Waals surface area contributed by atoms with Crippen molar-refractivity contribution in [2.24, 2.45) is 0 Å². The van der Waals surface area contributed by atoms with Crippen molar-refractivity contribution in [1.29, 1.82) is 0 Å². The normalized spacial score (nSPS) is 15.9. The average molecular weight is 402 g/mol. The number of likely N-dealkylation sites (tertiary alicyclic amines) is 1. The molecule has 2 aromatic carbocycles. The van der Waals surface area contributed by atoms with Crippen molar-refractivity contribution in [1.82, 2.24) is 4.90 Å². The number of nitrogens with zero attached hydrogens (tertiary/aromatic N) is 1. The summed E-state index contributed by atoms with van der Waals surface area (Å²) >= 11 is 1.57. The Bertz CT molecular complexity index is 903. The lowest BCUT2D eigenvalue weighted by Crippen LogP contribution is -2.40. The minimum Gasteiger partial charge on any atom is -0.465 e. The molecule has 4 rings (SSSR count). The predicted octanol–water partition coefficient (Wildman–Crippen LogP) is 5.76. The number of ether oxygens (including phenoxy) is 1. The molecule has 0 N–H and O–H groups in total. The number of carbonyl (C=O) groups is 1. The Labute approximate surface area is 170 Å². The summed E-state index contributed by atoms with van der Waals surface area (Å²) in [5, 5.41) is 1.71. The lowest BCUT2D eigenvalue weighted by Gasteiger charge is -2.32. The number of fused-ring (bicyclic) bond motifs is 1. The molecule has 3 aromatic rings. The lowest BCUT2D eigenvalue weighted by atomic mass is 10.0. The van der Waals surface area contributed by atoms with Crippen LogP contribution in [0.2, 0.25) is 0 Å². The number of hydrogen-bond donors (Lipinski definition) is 0. The van der Waals surface area contributed by atoms with Crippen LogP contribution < -0.4 is 4.74 Å². The minimum atomic E-state index is -0.0225. The summed E-state index contributed by atoms with van der Waals surface area (Å²) in [6.45, 7) is 4.22. The molecular formula is C22H24ClNO2S. The van der Waals surface area contributed by atoms with E-state index in [0.717, 1.165) is 28.2 Å². The van der Waals surface area contributed by atoms with E-state index in [1.165, 1.54) is 19.3 Å². The molecule has 1 saturated heterocycles. The smallest absolute Gasteiger partial charge is 0.198 e. The summed E-state index contributed by atoms with van der Waals surface area (Å²) in [4.78, 5) is 15.6. The van der Waals surface area contributed by atoms with Crippen LogP contribution in [0.3, 0.4) is 0 Å². The number of carbonyl (C=O) groups excluding carboxylic acids is 1. The molecule has 1 aliphatic rings. The van der Waals surface area contributed by atoms with Crippen molar-refractivity contribution in [2.75, 3.05) is 13.1 Å². The second-order valence-corrected chi connectivity index (χ2v) is 7.78. The van der Waals surface area contributed by atoms with E-state index in [-0.39, 0.29) is 24.4 Å². The van der Waals surface area contributed by atoms with Crippen LogP contribution in [-0.2, 0) is 0 Å². The van der Waals surface area contributed by atoms with Gasteiger partial charge >= 0.3 is 0 Å². The second-order valence-electron chi connectivity index (χ2n) is 6.77. The maximum atomic E-state index is 13.2. The molecule has 27 heavy (non-hydrogen) atoms. The van der Waals surface area contributed by atoms with Gasteiger partial charge in [0.25, 0.3) is 0 Å². The molecule has 3 nitrogen and oxygen atoms in total. The van der Waals surface area contributed by atoms with Gasteiger partial charge in [-0.15, -0.1) is 12.4 Å². The van der Waals surface area contributed by atoms with Crippen molar-refractivity contribution in [3.8, 4) is 5.06 Å². The summed E-state index contributed by atoms with van der Waals surface area (Å²) in [5.74, 6) is 0.0314. The van der Waals surface area contributed by atoms with E-state index in [1.54, 1.807) is 11.3 Å². The third kappa shape index (κ3) is 4.18. The highest BCUT2D eigenvalue weighted by atomic mass is 35.5. The standard InChI is InChI=1S/C22H23NO2S.ClH/c1-16(23-14-8-3-9-15-23)25-22-20(18-12-6-7-13-19(18)26-22)21(24)17-10-4-2-5-11-17;/h2,4-7,10-13,16H,3,8-9,14-15H2,1H3;1H. The van der Waals surface area contributed by atoms with Gasteiger partial charge in [0.2, 0.25) is 0 Å². The van der Waals surface area contributed by atoms with Gasteiger partial charge < -0.3 is 4.74 Å². The summed E-state index contributed by atoms with van der Waals surface area (Å²) in [5.41, 5.74) is 1.40. The first kappa shape index (κ1) is 19.9. The van der Waals surface area contributed by atoms with Crippen LogP contribution in [0.4, 0.5) is 0 Å². The van der Waals surface area contributed by atoms with Crippen molar-refractivity contribution >= 4 is 39.6 Å². The largest absolute Gasteiger partial charge is 0.465 e. The number of ketones is 1. The summed E-state index contributed by atoms with van der Waals surface area (Å²) < 4.78 is 7.43. The molecule has 0 spiro atoms. The Balaban J connectivity index is 0.00000210. The lowest BCUT2D eigenvalue weighted by molar-refractivity contribution is 0.0285. The van der Waals surface area contributed by atoms with Crippen LogP contribution in [0, 0.1) is 0 Å². The Morgan fingerprint density at radius 3 is 2.41 bits per heavy atom. The quantitative estimate of drug-likeness (QED) is 0.508. The fraction of sp³-hybridized carbons (Fsp3) is 0.318. The molecule has 1 atom stereocenters. The van der Waals surface area contributed by atoms with Crippen LogP contribution in [0.15, 0.2) is 54.6 Å². The monoisotopic (exact) mass is 401 g/mol. The van der Waals surface area contributed by atoms with Gasteiger partial charge in [-0.05, 0) is 25.8 Å². The van der Waals surface area contributed by atoms with E-state index in [2.05, 4.69) is 17.9 Å². The molecule has 0 amide bonds. The van der Waals surface area contributed by atoms with Crippen molar-refractivity contribution in [3.05, 3.63) is 65.7 Å². The van der Waals surface area contributed by atoms with Gasteiger partial charge in [-0.2, -0.15) is 0 Å². The van der Waals surface area contributed by atoms with Crippen molar-refractivity contribution in [3.63, 3.8) is 0 Å².